The molecule has 32 heavy (non-hydrogen) atoms. The zero-order valence-corrected chi connectivity index (χ0v) is 18.4. The molecule has 0 spiro atoms. The summed E-state index contributed by atoms with van der Waals surface area (Å²) >= 11 is 1.31. The van der Waals surface area contributed by atoms with Gasteiger partial charge in [-0.1, -0.05) is 19.1 Å². The van der Waals surface area contributed by atoms with Gasteiger partial charge in [-0.2, -0.15) is 10.4 Å². The monoisotopic (exact) mass is 473 g/mol. The van der Waals surface area contributed by atoms with E-state index in [0.717, 1.165) is 23.8 Å². The Bertz CT molecular complexity index is 1240. The lowest BCUT2D eigenvalue weighted by atomic mass is 9.82. The summed E-state index contributed by atoms with van der Waals surface area (Å²) < 4.78 is 30.0. The average Bonchev–Trinajstić information content (AvgIpc) is 3.47. The molecule has 164 valence electrons. The van der Waals surface area contributed by atoms with Gasteiger partial charge in [0.2, 0.25) is 0 Å². The van der Waals surface area contributed by atoms with Crippen LogP contribution in [0.5, 0.6) is 0 Å². The second-order valence-corrected chi connectivity index (χ2v) is 8.01. The maximum Gasteiger partial charge on any atom is 0.137 e. The lowest BCUT2D eigenvalue weighted by Crippen LogP contribution is -2.38. The molecule has 4 aromatic rings. The Hall–Kier alpha value is -3.19. The van der Waals surface area contributed by atoms with Crippen molar-refractivity contribution in [2.45, 2.75) is 25.0 Å². The number of halogens is 3. The third-order valence-corrected chi connectivity index (χ3v) is 6.21. The highest BCUT2D eigenvalue weighted by Crippen LogP contribution is 2.41. The fraction of sp³-hybridized carbons (Fsp3) is 0.182. The minimum Gasteiger partial charge on any atom is -0.382 e. The summed E-state index contributed by atoms with van der Waals surface area (Å²) in [6, 6.07) is 12.0. The van der Waals surface area contributed by atoms with E-state index in [1.54, 1.807) is 31.2 Å². The molecule has 10 heteroatoms. The summed E-state index contributed by atoms with van der Waals surface area (Å²) in [5.74, 6) is -2.07. The Morgan fingerprint density at radius 3 is 2.62 bits per heavy atom. The molecule has 0 aliphatic heterocycles. The second-order valence-electron chi connectivity index (χ2n) is 7.12. The predicted octanol–water partition coefficient (Wildman–Crippen LogP) is 4.66. The highest BCUT2D eigenvalue weighted by molar-refractivity contribution is 7.10. The zero-order valence-electron chi connectivity index (χ0n) is 16.8. The van der Waals surface area contributed by atoms with E-state index < -0.39 is 23.2 Å². The molecule has 0 aliphatic rings. The van der Waals surface area contributed by atoms with E-state index in [0.29, 0.717) is 16.3 Å². The molecule has 0 fully saturated rings. The van der Waals surface area contributed by atoms with E-state index in [-0.39, 0.29) is 24.5 Å². The average molecular weight is 474 g/mol. The first-order valence-electron chi connectivity index (χ1n) is 9.37. The number of benzene rings is 2. The molecule has 0 amide bonds. The standard InChI is InChI=1S/C22H17F2N5OS.ClH/c1-14(21-28-20(10-31-21)16-4-2-15(9-25)3-5-16)22(30,11-29-13-26-12-27-29)18-8-17(23)6-7-19(18)24;/h2-8,10,12-14,30H,11H2,1H3;1H. The highest BCUT2D eigenvalue weighted by atomic mass is 35.5. The second kappa shape index (κ2) is 9.53. The zero-order chi connectivity index (χ0) is 22.0. The largest absolute Gasteiger partial charge is 0.382 e. The Kier molecular flexibility index (Phi) is 6.99. The van der Waals surface area contributed by atoms with Crippen molar-refractivity contribution in [1.82, 2.24) is 19.7 Å². The Labute approximate surface area is 193 Å². The van der Waals surface area contributed by atoms with E-state index in [9.17, 15) is 13.9 Å². The number of nitriles is 1. The normalized spacial score (nSPS) is 13.6. The minimum atomic E-state index is -1.83. The van der Waals surface area contributed by atoms with Crippen molar-refractivity contribution in [1.29, 1.82) is 5.26 Å². The smallest absolute Gasteiger partial charge is 0.137 e. The Balaban J connectivity index is 0.00000289. The molecule has 0 radical (unpaired) electrons. The summed E-state index contributed by atoms with van der Waals surface area (Å²) in [5.41, 5.74) is 0.00578. The minimum absolute atomic E-state index is 0. The molecule has 0 bridgehead atoms. The number of aromatic nitrogens is 4. The molecule has 1 N–H and O–H groups in total. The number of hydrogen-bond acceptors (Lipinski definition) is 6. The van der Waals surface area contributed by atoms with Crippen LogP contribution in [0.25, 0.3) is 11.3 Å². The molecule has 2 heterocycles. The van der Waals surface area contributed by atoms with Gasteiger partial charge in [-0.25, -0.2) is 23.4 Å². The Morgan fingerprint density at radius 1 is 1.22 bits per heavy atom. The highest BCUT2D eigenvalue weighted by Gasteiger charge is 2.41. The molecular weight excluding hydrogens is 456 g/mol. The number of nitrogens with zero attached hydrogens (tertiary/aromatic N) is 5. The van der Waals surface area contributed by atoms with Crippen molar-refractivity contribution in [3.8, 4) is 17.3 Å². The van der Waals surface area contributed by atoms with Gasteiger partial charge >= 0.3 is 0 Å². The molecule has 2 aromatic heterocycles. The van der Waals surface area contributed by atoms with Crippen molar-refractivity contribution >= 4 is 23.7 Å². The molecular formula is C22H18ClF2N5OS. The molecule has 0 aliphatic carbocycles. The van der Waals surface area contributed by atoms with Crippen molar-refractivity contribution < 1.29 is 13.9 Å². The van der Waals surface area contributed by atoms with Crippen LogP contribution >= 0.6 is 23.7 Å². The van der Waals surface area contributed by atoms with Gasteiger partial charge in [-0.05, 0) is 30.3 Å². The van der Waals surface area contributed by atoms with Gasteiger partial charge in [0.1, 0.15) is 29.9 Å². The molecule has 0 saturated heterocycles. The first-order valence-corrected chi connectivity index (χ1v) is 10.2. The van der Waals surface area contributed by atoms with Crippen LogP contribution in [0.15, 0.2) is 60.5 Å². The summed E-state index contributed by atoms with van der Waals surface area (Å²) in [6.45, 7) is 1.57. The lowest BCUT2D eigenvalue weighted by Gasteiger charge is -2.33. The van der Waals surface area contributed by atoms with Crippen LogP contribution in [-0.4, -0.2) is 24.9 Å². The van der Waals surface area contributed by atoms with Gasteiger partial charge in [-0.15, -0.1) is 23.7 Å². The van der Waals surface area contributed by atoms with Crippen LogP contribution in [0.4, 0.5) is 8.78 Å². The van der Waals surface area contributed by atoms with Crippen LogP contribution in [0.1, 0.15) is 29.0 Å². The van der Waals surface area contributed by atoms with Crippen molar-refractivity contribution in [2.75, 3.05) is 0 Å². The van der Waals surface area contributed by atoms with Crippen LogP contribution in [0.2, 0.25) is 0 Å². The SMILES string of the molecule is CC(c1nc(-c2ccc(C#N)cc2)cs1)C(O)(Cn1cncn1)c1cc(F)ccc1F.Cl. The van der Waals surface area contributed by atoms with Crippen molar-refractivity contribution in [2.24, 2.45) is 0 Å². The third-order valence-electron chi connectivity index (χ3n) is 5.18. The van der Waals surface area contributed by atoms with Crippen LogP contribution in [0.3, 0.4) is 0 Å². The molecule has 2 atom stereocenters. The predicted molar refractivity (Wildman–Crippen MR) is 118 cm³/mol. The maximum atomic E-state index is 14.7. The summed E-state index contributed by atoms with van der Waals surface area (Å²) in [5, 5.41) is 27.0. The van der Waals surface area contributed by atoms with Gasteiger partial charge in [-0.3, -0.25) is 0 Å². The topological polar surface area (TPSA) is 87.6 Å². The molecule has 2 unspecified atom stereocenters. The van der Waals surface area contributed by atoms with Crippen LogP contribution < -0.4 is 0 Å². The van der Waals surface area contributed by atoms with Gasteiger partial charge in [0.15, 0.2) is 0 Å². The number of aliphatic hydroxyl groups is 1. The number of thiazole rings is 1. The van der Waals surface area contributed by atoms with Crippen molar-refractivity contribution in [3.05, 3.63) is 88.3 Å². The van der Waals surface area contributed by atoms with E-state index >= 15 is 0 Å². The summed E-state index contributed by atoms with van der Waals surface area (Å²) in [7, 11) is 0. The number of hydrogen-bond donors (Lipinski definition) is 1. The molecule has 6 nitrogen and oxygen atoms in total. The lowest BCUT2D eigenvalue weighted by molar-refractivity contribution is -0.0114. The number of rotatable bonds is 6. The first kappa shape index (κ1) is 23.5. The molecule has 0 saturated carbocycles. The van der Waals surface area contributed by atoms with Crippen LogP contribution in [0, 0.1) is 23.0 Å². The van der Waals surface area contributed by atoms with Crippen LogP contribution in [-0.2, 0) is 12.1 Å². The fourth-order valence-corrected chi connectivity index (χ4v) is 4.36. The maximum absolute atomic E-state index is 14.7. The third kappa shape index (κ3) is 4.53. The summed E-state index contributed by atoms with van der Waals surface area (Å²) in [4.78, 5) is 8.49. The molecule has 4 rings (SSSR count). The molecule has 2 aromatic carbocycles. The first-order chi connectivity index (χ1) is 14.9. The van der Waals surface area contributed by atoms with Gasteiger partial charge in [0.25, 0.3) is 0 Å². The summed E-state index contributed by atoms with van der Waals surface area (Å²) in [6.07, 6.45) is 2.71. The fourth-order valence-electron chi connectivity index (χ4n) is 3.38. The van der Waals surface area contributed by atoms with Gasteiger partial charge < -0.3 is 5.11 Å². The van der Waals surface area contributed by atoms with Gasteiger partial charge in [0.05, 0.1) is 28.9 Å². The van der Waals surface area contributed by atoms with E-state index in [2.05, 4.69) is 21.1 Å². The van der Waals surface area contributed by atoms with E-state index in [1.165, 1.54) is 28.7 Å². The van der Waals surface area contributed by atoms with E-state index in [4.69, 9.17) is 5.26 Å². The van der Waals surface area contributed by atoms with E-state index in [1.807, 2.05) is 5.38 Å². The van der Waals surface area contributed by atoms with Gasteiger partial charge in [0, 0.05) is 22.4 Å². The quantitative estimate of drug-likeness (QED) is 0.440. The Morgan fingerprint density at radius 2 is 1.97 bits per heavy atom. The van der Waals surface area contributed by atoms with Crippen molar-refractivity contribution in [3.63, 3.8) is 0 Å².